The van der Waals surface area contributed by atoms with Gasteiger partial charge in [0.1, 0.15) is 13.2 Å². The first-order valence-electron chi connectivity index (χ1n) is 25.5. The lowest BCUT2D eigenvalue weighted by Gasteiger charge is -2.18. The average Bonchev–Trinajstić information content (AvgIpc) is 3.23. The van der Waals surface area contributed by atoms with E-state index in [-0.39, 0.29) is 31.1 Å². The van der Waals surface area contributed by atoms with E-state index in [4.69, 9.17) is 14.2 Å². The number of carbonyl (C=O) groups excluding carboxylic acids is 3. The van der Waals surface area contributed by atoms with Crippen LogP contribution in [-0.4, -0.2) is 37.2 Å². The molecule has 344 valence electrons. The lowest BCUT2D eigenvalue weighted by Crippen LogP contribution is -2.30. The zero-order valence-corrected chi connectivity index (χ0v) is 39.3. The van der Waals surface area contributed by atoms with Gasteiger partial charge in [-0.15, -0.1) is 0 Å². The van der Waals surface area contributed by atoms with E-state index in [9.17, 15) is 14.4 Å². The highest BCUT2D eigenvalue weighted by Gasteiger charge is 2.19. The summed E-state index contributed by atoms with van der Waals surface area (Å²) in [7, 11) is 0. The molecule has 0 aromatic carbocycles. The van der Waals surface area contributed by atoms with Crippen LogP contribution in [-0.2, 0) is 28.6 Å². The third-order valence-electron chi connectivity index (χ3n) is 11.1. The maximum absolute atomic E-state index is 12.8. The second-order valence-corrected chi connectivity index (χ2v) is 17.1. The monoisotopic (exact) mass is 829 g/mol. The minimum Gasteiger partial charge on any atom is -0.462 e. The molecule has 0 saturated carbocycles. The van der Waals surface area contributed by atoms with E-state index in [1.807, 2.05) is 0 Å². The average molecular weight is 829 g/mol. The van der Waals surface area contributed by atoms with Crippen molar-refractivity contribution in [1.29, 1.82) is 0 Å². The van der Waals surface area contributed by atoms with Crippen molar-refractivity contribution >= 4 is 17.9 Å². The van der Waals surface area contributed by atoms with Crippen LogP contribution < -0.4 is 0 Å². The Kier molecular flexibility index (Phi) is 46.4. The van der Waals surface area contributed by atoms with E-state index in [0.29, 0.717) is 19.3 Å². The summed E-state index contributed by atoms with van der Waals surface area (Å²) in [6.07, 6.45) is 55.5. The van der Waals surface area contributed by atoms with Crippen molar-refractivity contribution in [3.63, 3.8) is 0 Å². The van der Waals surface area contributed by atoms with E-state index in [1.165, 1.54) is 141 Å². The van der Waals surface area contributed by atoms with Gasteiger partial charge in [-0.3, -0.25) is 14.4 Å². The molecule has 0 fully saturated rings. The molecular weight excluding hydrogens is 733 g/mol. The number of rotatable bonds is 46. The van der Waals surface area contributed by atoms with Crippen molar-refractivity contribution < 1.29 is 28.6 Å². The van der Waals surface area contributed by atoms with E-state index in [0.717, 1.165) is 83.5 Å². The first kappa shape index (κ1) is 56.6. The molecule has 0 spiro atoms. The summed E-state index contributed by atoms with van der Waals surface area (Å²) in [6.45, 7) is 6.59. The second-order valence-electron chi connectivity index (χ2n) is 17.1. The Labute approximate surface area is 365 Å². The van der Waals surface area contributed by atoms with Gasteiger partial charge in [-0.1, -0.05) is 205 Å². The van der Waals surface area contributed by atoms with Crippen molar-refractivity contribution in [2.45, 2.75) is 271 Å². The molecule has 0 saturated heterocycles. The number of ether oxygens (including phenoxy) is 3. The van der Waals surface area contributed by atoms with Crippen LogP contribution in [0, 0.1) is 0 Å². The summed E-state index contributed by atoms with van der Waals surface area (Å²) >= 11 is 0. The summed E-state index contributed by atoms with van der Waals surface area (Å²) < 4.78 is 16.8. The summed E-state index contributed by atoms with van der Waals surface area (Å²) in [4.78, 5) is 37.9. The van der Waals surface area contributed by atoms with Gasteiger partial charge in [0, 0.05) is 19.3 Å². The van der Waals surface area contributed by atoms with Crippen LogP contribution in [0.4, 0.5) is 0 Å². The molecule has 0 aliphatic heterocycles. The Morgan fingerprint density at radius 1 is 0.339 bits per heavy atom. The molecule has 0 aliphatic rings. The van der Waals surface area contributed by atoms with E-state index in [1.54, 1.807) is 0 Å². The molecule has 0 aliphatic carbocycles. The van der Waals surface area contributed by atoms with E-state index < -0.39 is 6.10 Å². The highest BCUT2D eigenvalue weighted by atomic mass is 16.6. The van der Waals surface area contributed by atoms with Gasteiger partial charge in [-0.25, -0.2) is 0 Å². The van der Waals surface area contributed by atoms with Gasteiger partial charge in [-0.05, 0) is 77.0 Å². The van der Waals surface area contributed by atoms with Gasteiger partial charge in [0.15, 0.2) is 6.10 Å². The van der Waals surface area contributed by atoms with Crippen molar-refractivity contribution in [2.24, 2.45) is 0 Å². The molecule has 1 atom stereocenters. The number of esters is 3. The van der Waals surface area contributed by atoms with Crippen molar-refractivity contribution in [2.75, 3.05) is 13.2 Å². The molecule has 0 N–H and O–H groups in total. The van der Waals surface area contributed by atoms with Crippen LogP contribution in [0.2, 0.25) is 0 Å². The number of unbranched alkanes of at least 4 members (excludes halogenated alkanes) is 29. The topological polar surface area (TPSA) is 78.9 Å². The van der Waals surface area contributed by atoms with Crippen LogP contribution in [0.1, 0.15) is 265 Å². The zero-order valence-electron chi connectivity index (χ0n) is 39.3. The Hall–Kier alpha value is -2.37. The van der Waals surface area contributed by atoms with Gasteiger partial charge in [-0.2, -0.15) is 0 Å². The van der Waals surface area contributed by atoms with Gasteiger partial charge >= 0.3 is 17.9 Å². The van der Waals surface area contributed by atoms with Gasteiger partial charge < -0.3 is 14.2 Å². The van der Waals surface area contributed by atoms with Crippen molar-refractivity contribution in [3.05, 3.63) is 36.5 Å². The molecular formula is C53H96O6. The number of hydrogen-bond donors (Lipinski definition) is 0. The SMILES string of the molecule is CCCCC/C=C\C/C=C\CCCCCCCCCC(=O)OCC(COC(=O)CCCCCCCCCCCCCC)OC(=O)CCCCCCC/C=C\CCCCC. The Bertz CT molecular complexity index is 1000. The fraction of sp³-hybridized carbons (Fsp3) is 0.830. The molecule has 6 heteroatoms. The second kappa shape index (κ2) is 48.3. The molecule has 0 rings (SSSR count). The minimum absolute atomic E-state index is 0.0754. The molecule has 0 heterocycles. The Balaban J connectivity index is 4.35. The number of hydrogen-bond acceptors (Lipinski definition) is 6. The van der Waals surface area contributed by atoms with Crippen LogP contribution in [0.5, 0.6) is 0 Å². The lowest BCUT2D eigenvalue weighted by molar-refractivity contribution is -0.167. The maximum atomic E-state index is 12.8. The highest BCUT2D eigenvalue weighted by molar-refractivity contribution is 5.71. The normalized spacial score (nSPS) is 12.3. The molecule has 59 heavy (non-hydrogen) atoms. The minimum atomic E-state index is -0.775. The fourth-order valence-corrected chi connectivity index (χ4v) is 7.23. The largest absolute Gasteiger partial charge is 0.462 e. The molecule has 6 nitrogen and oxygen atoms in total. The zero-order chi connectivity index (χ0) is 43.0. The van der Waals surface area contributed by atoms with Crippen LogP contribution in [0.15, 0.2) is 36.5 Å². The smallest absolute Gasteiger partial charge is 0.306 e. The summed E-state index contributed by atoms with van der Waals surface area (Å²) in [5, 5.41) is 0. The van der Waals surface area contributed by atoms with E-state index in [2.05, 4.69) is 57.2 Å². The highest BCUT2D eigenvalue weighted by Crippen LogP contribution is 2.15. The lowest BCUT2D eigenvalue weighted by atomic mass is 10.0. The molecule has 0 radical (unpaired) electrons. The van der Waals surface area contributed by atoms with Crippen LogP contribution >= 0.6 is 0 Å². The summed E-state index contributed by atoms with van der Waals surface area (Å²) in [5.41, 5.74) is 0. The quantitative estimate of drug-likeness (QED) is 0.0263. The molecule has 0 amide bonds. The molecule has 0 aromatic heterocycles. The summed E-state index contributed by atoms with van der Waals surface area (Å²) in [6, 6.07) is 0. The maximum Gasteiger partial charge on any atom is 0.306 e. The Morgan fingerprint density at radius 3 is 0.983 bits per heavy atom. The molecule has 0 bridgehead atoms. The van der Waals surface area contributed by atoms with Crippen LogP contribution in [0.25, 0.3) is 0 Å². The third kappa shape index (κ3) is 46.5. The van der Waals surface area contributed by atoms with Gasteiger partial charge in [0.25, 0.3) is 0 Å². The van der Waals surface area contributed by atoms with Crippen LogP contribution in [0.3, 0.4) is 0 Å². The Morgan fingerprint density at radius 2 is 0.610 bits per heavy atom. The molecule has 0 aromatic rings. The van der Waals surface area contributed by atoms with Gasteiger partial charge in [0.2, 0.25) is 0 Å². The third-order valence-corrected chi connectivity index (χ3v) is 11.1. The first-order valence-corrected chi connectivity index (χ1v) is 25.5. The standard InChI is InChI=1S/C53H96O6/c1-4-7-10-13-16-19-22-25-26-27-28-29-32-34-37-40-43-46-52(55)58-49-50(59-53(56)47-44-41-38-35-31-24-21-18-15-12-9-6-3)48-57-51(54)45-42-39-36-33-30-23-20-17-14-11-8-5-2/h16,18-19,21,25-26,50H,4-15,17,20,22-24,27-49H2,1-3H3/b19-16-,21-18-,26-25-. The summed E-state index contributed by atoms with van der Waals surface area (Å²) in [5.74, 6) is -0.885. The first-order chi connectivity index (χ1) is 29.0. The fourth-order valence-electron chi connectivity index (χ4n) is 7.23. The van der Waals surface area contributed by atoms with E-state index >= 15 is 0 Å². The molecule has 1 unspecified atom stereocenters. The van der Waals surface area contributed by atoms with Crippen molar-refractivity contribution in [1.82, 2.24) is 0 Å². The predicted molar refractivity (Wildman–Crippen MR) is 252 cm³/mol. The predicted octanol–water partition coefficient (Wildman–Crippen LogP) is 16.5. The number of allylic oxidation sites excluding steroid dienone is 6. The van der Waals surface area contributed by atoms with Gasteiger partial charge in [0.05, 0.1) is 0 Å². The number of carbonyl (C=O) groups is 3. The van der Waals surface area contributed by atoms with Crippen molar-refractivity contribution in [3.8, 4) is 0 Å².